The van der Waals surface area contributed by atoms with Crippen LogP contribution < -0.4 is 0 Å². The summed E-state index contributed by atoms with van der Waals surface area (Å²) in [6.45, 7) is 2.07. The Morgan fingerprint density at radius 1 is 1.10 bits per heavy atom. The van der Waals surface area contributed by atoms with Gasteiger partial charge in [0.2, 0.25) is 0 Å². The first-order valence-electron chi connectivity index (χ1n) is 6.78. The van der Waals surface area contributed by atoms with Crippen molar-refractivity contribution < 1.29 is 15.0 Å². The van der Waals surface area contributed by atoms with Crippen molar-refractivity contribution in [3.05, 3.63) is 53.6 Å². The summed E-state index contributed by atoms with van der Waals surface area (Å²) in [4.78, 5) is 11.3. The summed E-state index contributed by atoms with van der Waals surface area (Å²) in [5.41, 5.74) is 2.45. The standard InChI is InChI=1S/C17H18O3/c1-2-3-7-13-10-14(12-8-5-4-6-9-12)11-15(16(13)18)17(19)20/h4-6,8-11,18H,2-3,7H2,1H3,(H,19,20). The molecule has 0 atom stereocenters. The van der Waals surface area contributed by atoms with Gasteiger partial charge in [0.1, 0.15) is 11.3 Å². The van der Waals surface area contributed by atoms with Gasteiger partial charge in [-0.3, -0.25) is 0 Å². The first kappa shape index (κ1) is 14.1. The highest BCUT2D eigenvalue weighted by molar-refractivity contribution is 5.93. The Hall–Kier alpha value is -2.29. The van der Waals surface area contributed by atoms with E-state index >= 15 is 0 Å². The van der Waals surface area contributed by atoms with Crippen molar-refractivity contribution >= 4 is 5.97 Å². The molecule has 0 amide bonds. The van der Waals surface area contributed by atoms with Crippen LogP contribution in [0.3, 0.4) is 0 Å². The third-order valence-electron chi connectivity index (χ3n) is 3.33. The fraction of sp³-hybridized carbons (Fsp3) is 0.235. The summed E-state index contributed by atoms with van der Waals surface area (Å²) in [6, 6.07) is 13.0. The third-order valence-corrected chi connectivity index (χ3v) is 3.33. The SMILES string of the molecule is CCCCc1cc(-c2ccccc2)cc(C(=O)O)c1O. The smallest absolute Gasteiger partial charge is 0.339 e. The summed E-state index contributed by atoms with van der Waals surface area (Å²) in [7, 11) is 0. The van der Waals surface area contributed by atoms with Crippen molar-refractivity contribution in [1.29, 1.82) is 0 Å². The van der Waals surface area contributed by atoms with E-state index in [2.05, 4.69) is 6.92 Å². The predicted octanol–water partition coefficient (Wildman–Crippen LogP) is 4.10. The molecule has 0 unspecified atom stereocenters. The molecule has 0 aliphatic rings. The van der Waals surface area contributed by atoms with Crippen LogP contribution in [0.5, 0.6) is 5.75 Å². The topological polar surface area (TPSA) is 57.5 Å². The molecule has 0 saturated carbocycles. The molecule has 3 nitrogen and oxygen atoms in total. The van der Waals surface area contributed by atoms with Crippen molar-refractivity contribution in [2.75, 3.05) is 0 Å². The van der Waals surface area contributed by atoms with Crippen LogP contribution >= 0.6 is 0 Å². The van der Waals surface area contributed by atoms with Gasteiger partial charge in [-0.05, 0) is 41.7 Å². The number of unbranched alkanes of at least 4 members (excludes halogenated alkanes) is 1. The number of aromatic hydroxyl groups is 1. The Labute approximate surface area is 118 Å². The molecule has 0 aliphatic carbocycles. The minimum Gasteiger partial charge on any atom is -0.507 e. The van der Waals surface area contributed by atoms with Crippen LogP contribution in [0.1, 0.15) is 35.7 Å². The Kier molecular flexibility index (Phi) is 4.41. The fourth-order valence-corrected chi connectivity index (χ4v) is 2.21. The first-order chi connectivity index (χ1) is 9.63. The second kappa shape index (κ2) is 6.24. The molecule has 20 heavy (non-hydrogen) atoms. The Morgan fingerprint density at radius 2 is 1.80 bits per heavy atom. The quantitative estimate of drug-likeness (QED) is 0.860. The van der Waals surface area contributed by atoms with Gasteiger partial charge in [0.25, 0.3) is 0 Å². The molecule has 0 bridgehead atoms. The number of aromatic carboxylic acids is 1. The predicted molar refractivity (Wildman–Crippen MR) is 79.1 cm³/mol. The fourth-order valence-electron chi connectivity index (χ4n) is 2.21. The number of phenols is 1. The Bertz CT molecular complexity index is 603. The van der Waals surface area contributed by atoms with E-state index < -0.39 is 5.97 Å². The van der Waals surface area contributed by atoms with Crippen molar-refractivity contribution in [3.8, 4) is 16.9 Å². The minimum absolute atomic E-state index is 0.0301. The molecule has 104 valence electrons. The first-order valence-corrected chi connectivity index (χ1v) is 6.78. The second-order valence-corrected chi connectivity index (χ2v) is 4.81. The van der Waals surface area contributed by atoms with Crippen molar-refractivity contribution in [2.45, 2.75) is 26.2 Å². The van der Waals surface area contributed by atoms with E-state index in [9.17, 15) is 15.0 Å². The highest BCUT2D eigenvalue weighted by Crippen LogP contribution is 2.31. The average Bonchev–Trinajstić information content (AvgIpc) is 2.46. The zero-order valence-corrected chi connectivity index (χ0v) is 11.5. The number of hydrogen-bond donors (Lipinski definition) is 2. The van der Waals surface area contributed by atoms with Crippen molar-refractivity contribution in [3.63, 3.8) is 0 Å². The molecule has 2 N–H and O–H groups in total. The van der Waals surface area contributed by atoms with Crippen molar-refractivity contribution in [2.24, 2.45) is 0 Å². The summed E-state index contributed by atoms with van der Waals surface area (Å²) in [5.74, 6) is -1.20. The molecular formula is C17H18O3. The molecule has 0 heterocycles. The number of carboxylic acids is 1. The molecule has 2 aromatic rings. The van der Waals surface area contributed by atoms with Gasteiger partial charge in [-0.2, -0.15) is 0 Å². The van der Waals surface area contributed by atoms with Gasteiger partial charge in [0.05, 0.1) is 0 Å². The van der Waals surface area contributed by atoms with E-state index in [-0.39, 0.29) is 11.3 Å². The Morgan fingerprint density at radius 3 is 2.40 bits per heavy atom. The molecule has 0 fully saturated rings. The van der Waals surface area contributed by atoms with Crippen LogP contribution in [0, 0.1) is 0 Å². The van der Waals surface area contributed by atoms with Gasteiger partial charge >= 0.3 is 5.97 Å². The summed E-state index contributed by atoms with van der Waals surface area (Å²) < 4.78 is 0. The maximum Gasteiger partial charge on any atom is 0.339 e. The van der Waals surface area contributed by atoms with E-state index in [1.54, 1.807) is 0 Å². The molecule has 0 aliphatic heterocycles. The molecule has 2 rings (SSSR count). The van der Waals surface area contributed by atoms with E-state index in [1.165, 1.54) is 6.07 Å². The van der Waals surface area contributed by atoms with Crippen LogP contribution in [-0.2, 0) is 6.42 Å². The minimum atomic E-state index is -1.10. The number of carboxylic acid groups (broad SMARTS) is 1. The molecule has 3 heteroatoms. The van der Waals surface area contributed by atoms with Gasteiger partial charge in [0.15, 0.2) is 0 Å². The lowest BCUT2D eigenvalue weighted by molar-refractivity contribution is 0.0693. The summed E-state index contributed by atoms with van der Waals surface area (Å²) >= 11 is 0. The monoisotopic (exact) mass is 270 g/mol. The number of carbonyl (C=O) groups is 1. The molecule has 0 spiro atoms. The molecule has 2 aromatic carbocycles. The molecule has 0 radical (unpaired) electrons. The van der Waals surface area contributed by atoms with Gasteiger partial charge in [-0.15, -0.1) is 0 Å². The summed E-state index contributed by atoms with van der Waals surface area (Å²) in [6.07, 6.45) is 2.60. The molecule has 0 aromatic heterocycles. The normalized spacial score (nSPS) is 10.4. The van der Waals surface area contributed by atoms with Gasteiger partial charge in [0, 0.05) is 0 Å². The van der Waals surface area contributed by atoms with Crippen LogP contribution in [0.25, 0.3) is 11.1 Å². The maximum absolute atomic E-state index is 11.3. The Balaban J connectivity index is 2.53. The van der Waals surface area contributed by atoms with E-state index in [4.69, 9.17) is 0 Å². The second-order valence-electron chi connectivity index (χ2n) is 4.81. The van der Waals surface area contributed by atoms with E-state index in [1.807, 2.05) is 36.4 Å². The van der Waals surface area contributed by atoms with Gasteiger partial charge < -0.3 is 10.2 Å². The molecular weight excluding hydrogens is 252 g/mol. The maximum atomic E-state index is 11.3. The van der Waals surface area contributed by atoms with E-state index in [0.717, 1.165) is 24.0 Å². The lowest BCUT2D eigenvalue weighted by Crippen LogP contribution is -2.00. The van der Waals surface area contributed by atoms with Crippen LogP contribution in [0.15, 0.2) is 42.5 Å². The zero-order valence-electron chi connectivity index (χ0n) is 11.5. The van der Waals surface area contributed by atoms with Gasteiger partial charge in [-0.25, -0.2) is 4.79 Å². The zero-order chi connectivity index (χ0) is 14.5. The average molecular weight is 270 g/mol. The van der Waals surface area contributed by atoms with Gasteiger partial charge in [-0.1, -0.05) is 43.7 Å². The number of hydrogen-bond acceptors (Lipinski definition) is 2. The number of aryl methyl sites for hydroxylation is 1. The van der Waals surface area contributed by atoms with Crippen LogP contribution in [0.4, 0.5) is 0 Å². The van der Waals surface area contributed by atoms with Crippen molar-refractivity contribution in [1.82, 2.24) is 0 Å². The molecule has 0 saturated heterocycles. The lowest BCUT2D eigenvalue weighted by atomic mass is 9.96. The summed E-state index contributed by atoms with van der Waals surface area (Å²) in [5, 5.41) is 19.3. The highest BCUT2D eigenvalue weighted by Gasteiger charge is 2.15. The number of rotatable bonds is 5. The lowest BCUT2D eigenvalue weighted by Gasteiger charge is -2.11. The number of benzene rings is 2. The van der Waals surface area contributed by atoms with E-state index in [0.29, 0.717) is 12.0 Å². The largest absolute Gasteiger partial charge is 0.507 e. The van der Waals surface area contributed by atoms with Crippen LogP contribution in [0.2, 0.25) is 0 Å². The van der Waals surface area contributed by atoms with Crippen LogP contribution in [-0.4, -0.2) is 16.2 Å². The third kappa shape index (κ3) is 2.99. The highest BCUT2D eigenvalue weighted by atomic mass is 16.4.